The van der Waals surface area contributed by atoms with Crippen LogP contribution < -0.4 is 9.62 Å². The van der Waals surface area contributed by atoms with Gasteiger partial charge in [0.25, 0.3) is 0 Å². The maximum Gasteiger partial charge on any atom is 0.241 e. The first-order valence-corrected chi connectivity index (χ1v) is 10.9. The minimum absolute atomic E-state index is 0.168. The molecule has 0 spiro atoms. The summed E-state index contributed by atoms with van der Waals surface area (Å²) in [7, 11) is -3.74. The van der Waals surface area contributed by atoms with E-state index in [1.807, 2.05) is 39.0 Å². The molecule has 0 saturated heterocycles. The zero-order valence-electron chi connectivity index (χ0n) is 15.6. The molecular weight excluding hydrogens is 407 g/mol. The van der Waals surface area contributed by atoms with Gasteiger partial charge in [0.2, 0.25) is 15.9 Å². The number of halogens is 2. The van der Waals surface area contributed by atoms with Gasteiger partial charge in [-0.25, -0.2) is 8.42 Å². The van der Waals surface area contributed by atoms with Crippen molar-refractivity contribution in [1.82, 2.24) is 5.32 Å². The third kappa shape index (κ3) is 5.61. The predicted octanol–water partition coefficient (Wildman–Crippen LogP) is 4.25. The van der Waals surface area contributed by atoms with E-state index < -0.39 is 22.5 Å². The maximum absolute atomic E-state index is 12.6. The molecule has 0 bridgehead atoms. The largest absolute Gasteiger partial charge is 0.348 e. The Bertz CT molecular complexity index is 961. The molecular formula is C19H22Cl2N2O3S. The second-order valence-electron chi connectivity index (χ2n) is 6.51. The topological polar surface area (TPSA) is 66.5 Å². The highest BCUT2D eigenvalue weighted by Crippen LogP contribution is 2.30. The van der Waals surface area contributed by atoms with Crippen molar-refractivity contribution in [2.24, 2.45) is 0 Å². The second kappa shape index (κ2) is 8.50. The van der Waals surface area contributed by atoms with Crippen LogP contribution in [0, 0.1) is 13.8 Å². The maximum atomic E-state index is 12.6. The van der Waals surface area contributed by atoms with Gasteiger partial charge in [0.1, 0.15) is 6.54 Å². The van der Waals surface area contributed by atoms with Crippen LogP contribution in [0.5, 0.6) is 0 Å². The predicted molar refractivity (Wildman–Crippen MR) is 111 cm³/mol. The van der Waals surface area contributed by atoms with Crippen LogP contribution in [0.4, 0.5) is 5.69 Å². The lowest BCUT2D eigenvalue weighted by molar-refractivity contribution is -0.120. The standard InChI is InChI=1S/C19H22Cl2N2O3S/c1-12-5-6-13(2)16(9-12)14(3)22-19(24)11-23(27(4,25)26)18-10-15(20)7-8-17(18)21/h5-10,14H,11H2,1-4H3,(H,22,24)/t14-/m0/s1. The lowest BCUT2D eigenvalue weighted by Crippen LogP contribution is -2.41. The Morgan fingerprint density at radius 2 is 1.81 bits per heavy atom. The fraction of sp³-hybridized carbons (Fsp3) is 0.316. The Labute approximate surface area is 170 Å². The van der Waals surface area contributed by atoms with Crippen molar-refractivity contribution in [2.45, 2.75) is 26.8 Å². The molecule has 2 rings (SSSR count). The summed E-state index contributed by atoms with van der Waals surface area (Å²) >= 11 is 12.1. The van der Waals surface area contributed by atoms with Crippen LogP contribution >= 0.6 is 23.2 Å². The number of rotatable bonds is 6. The number of carbonyl (C=O) groups excluding carboxylic acids is 1. The summed E-state index contributed by atoms with van der Waals surface area (Å²) in [4.78, 5) is 12.6. The first kappa shape index (κ1) is 21.5. The van der Waals surface area contributed by atoms with Gasteiger partial charge in [-0.1, -0.05) is 47.0 Å². The minimum Gasteiger partial charge on any atom is -0.348 e. The van der Waals surface area contributed by atoms with E-state index in [0.29, 0.717) is 5.02 Å². The third-order valence-corrected chi connectivity index (χ3v) is 5.82. The molecule has 5 nitrogen and oxygen atoms in total. The van der Waals surface area contributed by atoms with E-state index in [-0.39, 0.29) is 16.8 Å². The van der Waals surface area contributed by atoms with Crippen molar-refractivity contribution in [3.8, 4) is 0 Å². The van der Waals surface area contributed by atoms with Gasteiger partial charge in [-0.2, -0.15) is 0 Å². The van der Waals surface area contributed by atoms with Crippen LogP contribution in [0.3, 0.4) is 0 Å². The van der Waals surface area contributed by atoms with Gasteiger partial charge >= 0.3 is 0 Å². The molecule has 2 aromatic rings. The lowest BCUT2D eigenvalue weighted by Gasteiger charge is -2.24. The van der Waals surface area contributed by atoms with Gasteiger partial charge in [-0.3, -0.25) is 9.10 Å². The van der Waals surface area contributed by atoms with E-state index in [1.165, 1.54) is 12.1 Å². The average Bonchev–Trinajstić information content (AvgIpc) is 2.56. The summed E-state index contributed by atoms with van der Waals surface area (Å²) < 4.78 is 25.4. The highest BCUT2D eigenvalue weighted by Gasteiger charge is 2.24. The second-order valence-corrected chi connectivity index (χ2v) is 9.27. The molecule has 27 heavy (non-hydrogen) atoms. The van der Waals surface area contributed by atoms with E-state index in [2.05, 4.69) is 5.32 Å². The summed E-state index contributed by atoms with van der Waals surface area (Å²) in [6.07, 6.45) is 1.02. The molecule has 146 valence electrons. The molecule has 1 amide bonds. The molecule has 0 aromatic heterocycles. The molecule has 0 aliphatic heterocycles. The molecule has 0 radical (unpaired) electrons. The van der Waals surface area contributed by atoms with Crippen molar-refractivity contribution in [3.05, 3.63) is 63.1 Å². The highest BCUT2D eigenvalue weighted by atomic mass is 35.5. The van der Waals surface area contributed by atoms with Gasteiger partial charge < -0.3 is 5.32 Å². The Balaban J connectivity index is 2.24. The molecule has 1 atom stereocenters. The van der Waals surface area contributed by atoms with Gasteiger partial charge in [0.15, 0.2) is 0 Å². The summed E-state index contributed by atoms with van der Waals surface area (Å²) in [5, 5.41) is 3.37. The van der Waals surface area contributed by atoms with Crippen LogP contribution in [0.2, 0.25) is 10.0 Å². The van der Waals surface area contributed by atoms with E-state index in [4.69, 9.17) is 23.2 Å². The lowest BCUT2D eigenvalue weighted by atomic mass is 10.00. The molecule has 0 heterocycles. The van der Waals surface area contributed by atoms with Crippen LogP contribution in [0.1, 0.15) is 29.7 Å². The summed E-state index contributed by atoms with van der Waals surface area (Å²) in [6.45, 7) is 5.40. The van der Waals surface area contributed by atoms with Crippen molar-refractivity contribution >= 4 is 44.8 Å². The quantitative estimate of drug-likeness (QED) is 0.747. The minimum atomic E-state index is -3.74. The van der Waals surface area contributed by atoms with E-state index in [9.17, 15) is 13.2 Å². The Morgan fingerprint density at radius 3 is 2.44 bits per heavy atom. The Kier molecular flexibility index (Phi) is 6.78. The van der Waals surface area contributed by atoms with E-state index >= 15 is 0 Å². The molecule has 0 saturated carbocycles. The first-order valence-electron chi connectivity index (χ1n) is 8.28. The van der Waals surface area contributed by atoms with Crippen molar-refractivity contribution < 1.29 is 13.2 Å². The van der Waals surface area contributed by atoms with Crippen LogP contribution in [-0.2, 0) is 14.8 Å². The third-order valence-electron chi connectivity index (χ3n) is 4.14. The van der Waals surface area contributed by atoms with E-state index in [1.54, 1.807) is 6.07 Å². The van der Waals surface area contributed by atoms with Gasteiger partial charge in [0.05, 0.1) is 23.0 Å². The van der Waals surface area contributed by atoms with Crippen LogP contribution in [-0.4, -0.2) is 27.1 Å². The van der Waals surface area contributed by atoms with E-state index in [0.717, 1.165) is 27.3 Å². The Morgan fingerprint density at radius 1 is 1.15 bits per heavy atom. The molecule has 2 aromatic carbocycles. The summed E-state index contributed by atoms with van der Waals surface area (Å²) in [6, 6.07) is 10.2. The van der Waals surface area contributed by atoms with Crippen molar-refractivity contribution in [1.29, 1.82) is 0 Å². The number of amides is 1. The molecule has 8 heteroatoms. The average molecular weight is 429 g/mol. The zero-order valence-corrected chi connectivity index (χ0v) is 17.9. The molecule has 0 fully saturated rings. The van der Waals surface area contributed by atoms with Gasteiger partial charge in [-0.15, -0.1) is 0 Å². The van der Waals surface area contributed by atoms with Crippen LogP contribution in [0.25, 0.3) is 0 Å². The summed E-state index contributed by atoms with van der Waals surface area (Å²) in [5.41, 5.74) is 3.28. The number of anilines is 1. The first-order chi connectivity index (χ1) is 12.5. The normalized spacial score (nSPS) is 12.5. The van der Waals surface area contributed by atoms with Crippen molar-refractivity contribution in [3.63, 3.8) is 0 Å². The number of benzene rings is 2. The SMILES string of the molecule is Cc1ccc(C)c([C@H](C)NC(=O)CN(c2cc(Cl)ccc2Cl)S(C)(=O)=O)c1. The smallest absolute Gasteiger partial charge is 0.241 e. The number of carbonyl (C=O) groups is 1. The van der Waals surface area contributed by atoms with Crippen molar-refractivity contribution in [2.75, 3.05) is 17.1 Å². The molecule has 0 unspecified atom stereocenters. The fourth-order valence-electron chi connectivity index (χ4n) is 2.78. The number of nitrogens with zero attached hydrogens (tertiary/aromatic N) is 1. The number of sulfonamides is 1. The molecule has 0 aliphatic rings. The number of aryl methyl sites for hydroxylation is 2. The monoisotopic (exact) mass is 428 g/mol. The molecule has 1 N–H and O–H groups in total. The highest BCUT2D eigenvalue weighted by molar-refractivity contribution is 7.92. The number of nitrogens with one attached hydrogen (secondary N) is 1. The van der Waals surface area contributed by atoms with Gasteiger partial charge in [0, 0.05) is 5.02 Å². The number of hydrogen-bond acceptors (Lipinski definition) is 3. The Hall–Kier alpha value is -1.76. The van der Waals surface area contributed by atoms with Gasteiger partial charge in [-0.05, 0) is 50.1 Å². The summed E-state index contributed by atoms with van der Waals surface area (Å²) in [5.74, 6) is -0.440. The fourth-order valence-corrected chi connectivity index (χ4v) is 4.08. The number of hydrogen-bond donors (Lipinski definition) is 1. The zero-order chi connectivity index (χ0) is 20.4. The van der Waals surface area contributed by atoms with Crippen LogP contribution in [0.15, 0.2) is 36.4 Å². The molecule has 0 aliphatic carbocycles.